The Bertz CT molecular complexity index is 750. The molecular weight excluding hydrogens is 534 g/mol. The molecular formula is C34H65NO5S. The SMILES string of the molecule is CCCCCCCCCCCCCCC/C=C/CC/C=C/C(O)C(CS(=O)(=O)O)NC(=O)CCCCCCCCC. The monoisotopic (exact) mass is 599 g/mol. The van der Waals surface area contributed by atoms with E-state index in [4.69, 9.17) is 0 Å². The van der Waals surface area contributed by atoms with Gasteiger partial charge in [0.15, 0.2) is 0 Å². The lowest BCUT2D eigenvalue weighted by Gasteiger charge is -2.21. The standard InChI is InChI=1S/C34H65NO5S/c1-3-5-7-9-11-12-13-14-15-16-17-18-19-20-21-22-24-25-27-29-33(36)32(31-41(38,39)40)35-34(37)30-28-26-23-10-8-6-4-2/h21-22,27,29,32-33,36H,3-20,23-26,28,30-31H2,1-2H3,(H,35,37)(H,38,39,40)/b22-21+,29-27+. The van der Waals surface area contributed by atoms with Crippen molar-refractivity contribution in [1.29, 1.82) is 0 Å². The van der Waals surface area contributed by atoms with Crippen LogP contribution in [-0.4, -0.2) is 41.9 Å². The van der Waals surface area contributed by atoms with Gasteiger partial charge in [-0.1, -0.05) is 154 Å². The third kappa shape index (κ3) is 30.1. The molecule has 242 valence electrons. The molecule has 0 aliphatic heterocycles. The largest absolute Gasteiger partial charge is 0.387 e. The summed E-state index contributed by atoms with van der Waals surface area (Å²) in [6.07, 6.45) is 34.7. The van der Waals surface area contributed by atoms with Gasteiger partial charge in [-0.25, -0.2) is 0 Å². The number of rotatable bonds is 30. The molecule has 0 spiro atoms. The summed E-state index contributed by atoms with van der Waals surface area (Å²) in [4.78, 5) is 12.3. The number of carbonyl (C=O) groups excluding carboxylic acids is 1. The Kier molecular flexibility index (Phi) is 28.1. The number of allylic oxidation sites excluding steroid dienone is 3. The number of nitrogens with one attached hydrogen (secondary N) is 1. The van der Waals surface area contributed by atoms with Crippen molar-refractivity contribution >= 4 is 16.0 Å². The molecule has 0 aromatic rings. The Morgan fingerprint density at radius 2 is 1.05 bits per heavy atom. The lowest BCUT2D eigenvalue weighted by molar-refractivity contribution is -0.122. The van der Waals surface area contributed by atoms with Crippen molar-refractivity contribution in [3.8, 4) is 0 Å². The molecule has 41 heavy (non-hydrogen) atoms. The Labute approximate surface area is 254 Å². The maximum Gasteiger partial charge on any atom is 0.267 e. The molecule has 7 heteroatoms. The van der Waals surface area contributed by atoms with Gasteiger partial charge in [0, 0.05) is 6.42 Å². The van der Waals surface area contributed by atoms with Crippen LogP contribution in [0, 0.1) is 0 Å². The molecule has 2 atom stereocenters. The van der Waals surface area contributed by atoms with Gasteiger partial charge in [0.2, 0.25) is 5.91 Å². The van der Waals surface area contributed by atoms with Crippen LogP contribution >= 0.6 is 0 Å². The summed E-state index contributed by atoms with van der Waals surface area (Å²) < 4.78 is 32.1. The van der Waals surface area contributed by atoms with Crippen LogP contribution in [0.2, 0.25) is 0 Å². The Hall–Kier alpha value is -1.18. The number of aliphatic hydroxyl groups is 1. The first-order valence-electron chi connectivity index (χ1n) is 17.0. The van der Waals surface area contributed by atoms with Crippen LogP contribution in [0.25, 0.3) is 0 Å². The summed E-state index contributed by atoms with van der Waals surface area (Å²) in [5.41, 5.74) is 0. The fourth-order valence-electron chi connectivity index (χ4n) is 5.05. The van der Waals surface area contributed by atoms with E-state index >= 15 is 0 Å². The van der Waals surface area contributed by atoms with E-state index in [0.717, 1.165) is 38.5 Å². The molecule has 0 aromatic heterocycles. The van der Waals surface area contributed by atoms with Crippen LogP contribution in [0.1, 0.15) is 168 Å². The van der Waals surface area contributed by atoms with Crippen LogP contribution < -0.4 is 5.32 Å². The first kappa shape index (κ1) is 39.8. The van der Waals surface area contributed by atoms with E-state index in [9.17, 15) is 22.9 Å². The molecule has 0 fully saturated rings. The van der Waals surface area contributed by atoms with Gasteiger partial charge < -0.3 is 10.4 Å². The summed E-state index contributed by atoms with van der Waals surface area (Å²) >= 11 is 0. The number of hydrogen-bond acceptors (Lipinski definition) is 4. The highest BCUT2D eigenvalue weighted by Crippen LogP contribution is 2.13. The molecule has 0 aromatic carbocycles. The van der Waals surface area contributed by atoms with E-state index in [0.29, 0.717) is 0 Å². The molecule has 6 nitrogen and oxygen atoms in total. The molecule has 0 rings (SSSR count). The van der Waals surface area contributed by atoms with E-state index in [2.05, 4.69) is 31.3 Å². The molecule has 0 aliphatic rings. The zero-order valence-electron chi connectivity index (χ0n) is 26.7. The second kappa shape index (κ2) is 28.9. The Morgan fingerprint density at radius 1 is 0.634 bits per heavy atom. The molecule has 1 amide bonds. The number of carbonyl (C=O) groups is 1. The first-order valence-corrected chi connectivity index (χ1v) is 18.6. The van der Waals surface area contributed by atoms with Gasteiger partial charge in [-0.3, -0.25) is 9.35 Å². The van der Waals surface area contributed by atoms with Crippen LogP contribution in [0.5, 0.6) is 0 Å². The highest BCUT2D eigenvalue weighted by molar-refractivity contribution is 7.85. The minimum atomic E-state index is -4.34. The Balaban J connectivity index is 3.98. The number of amides is 1. The highest BCUT2D eigenvalue weighted by atomic mass is 32.2. The van der Waals surface area contributed by atoms with Crippen molar-refractivity contribution in [2.75, 3.05) is 5.75 Å². The first-order chi connectivity index (χ1) is 19.8. The van der Waals surface area contributed by atoms with Crippen LogP contribution in [-0.2, 0) is 14.9 Å². The summed E-state index contributed by atoms with van der Waals surface area (Å²) in [7, 11) is -4.34. The lowest BCUT2D eigenvalue weighted by atomic mass is 10.0. The fourth-order valence-corrected chi connectivity index (χ4v) is 5.79. The topological polar surface area (TPSA) is 104 Å². The van der Waals surface area contributed by atoms with Crippen molar-refractivity contribution in [1.82, 2.24) is 5.32 Å². The summed E-state index contributed by atoms with van der Waals surface area (Å²) in [6.45, 7) is 4.44. The van der Waals surface area contributed by atoms with E-state index in [1.165, 1.54) is 115 Å². The minimum Gasteiger partial charge on any atom is -0.387 e. The predicted molar refractivity (Wildman–Crippen MR) is 175 cm³/mol. The molecule has 2 unspecified atom stereocenters. The van der Waals surface area contributed by atoms with Crippen molar-refractivity contribution in [3.63, 3.8) is 0 Å². The van der Waals surface area contributed by atoms with Gasteiger partial charge in [-0.15, -0.1) is 0 Å². The lowest BCUT2D eigenvalue weighted by Crippen LogP contribution is -2.46. The van der Waals surface area contributed by atoms with Gasteiger partial charge in [0.05, 0.1) is 17.9 Å². The molecule has 3 N–H and O–H groups in total. The van der Waals surface area contributed by atoms with E-state index in [1.807, 2.05) is 0 Å². The normalized spacial score (nSPS) is 13.8. The van der Waals surface area contributed by atoms with Gasteiger partial charge in [0.1, 0.15) is 0 Å². The average molecular weight is 600 g/mol. The summed E-state index contributed by atoms with van der Waals surface area (Å²) in [5, 5.41) is 13.1. The van der Waals surface area contributed by atoms with Crippen LogP contribution in [0.15, 0.2) is 24.3 Å². The number of unbranched alkanes of at least 4 members (excludes halogenated alkanes) is 20. The minimum absolute atomic E-state index is 0.288. The van der Waals surface area contributed by atoms with Crippen LogP contribution in [0.4, 0.5) is 0 Å². The van der Waals surface area contributed by atoms with Gasteiger partial charge in [-0.2, -0.15) is 8.42 Å². The van der Waals surface area contributed by atoms with Gasteiger partial charge >= 0.3 is 0 Å². The smallest absolute Gasteiger partial charge is 0.267 e. The molecule has 0 heterocycles. The molecule has 0 radical (unpaired) electrons. The molecule has 0 saturated heterocycles. The quantitative estimate of drug-likeness (QED) is 0.0434. The van der Waals surface area contributed by atoms with Crippen molar-refractivity contribution in [2.45, 2.75) is 180 Å². The van der Waals surface area contributed by atoms with Gasteiger partial charge in [-0.05, 0) is 32.1 Å². The van der Waals surface area contributed by atoms with Crippen LogP contribution in [0.3, 0.4) is 0 Å². The van der Waals surface area contributed by atoms with Gasteiger partial charge in [0.25, 0.3) is 10.1 Å². The summed E-state index contributed by atoms with van der Waals surface area (Å²) in [6, 6.07) is -1.07. The maximum atomic E-state index is 12.3. The zero-order chi connectivity index (χ0) is 30.4. The van der Waals surface area contributed by atoms with Crippen molar-refractivity contribution in [3.05, 3.63) is 24.3 Å². The number of aliphatic hydroxyl groups excluding tert-OH is 1. The van der Waals surface area contributed by atoms with E-state index in [1.54, 1.807) is 6.08 Å². The zero-order valence-corrected chi connectivity index (χ0v) is 27.5. The fraction of sp³-hybridized carbons (Fsp3) is 0.853. The van der Waals surface area contributed by atoms with E-state index < -0.39 is 28.0 Å². The maximum absolute atomic E-state index is 12.3. The second-order valence-electron chi connectivity index (χ2n) is 11.8. The third-order valence-corrected chi connectivity index (χ3v) is 8.41. The molecule has 0 bridgehead atoms. The van der Waals surface area contributed by atoms with Crippen molar-refractivity contribution < 1.29 is 22.9 Å². The highest BCUT2D eigenvalue weighted by Gasteiger charge is 2.24. The molecule has 0 saturated carbocycles. The van der Waals surface area contributed by atoms with Crippen molar-refractivity contribution in [2.24, 2.45) is 0 Å². The summed E-state index contributed by atoms with van der Waals surface area (Å²) in [5.74, 6) is -1.00. The predicted octanol–water partition coefficient (Wildman–Crippen LogP) is 9.23. The number of hydrogen-bond donors (Lipinski definition) is 3. The second-order valence-corrected chi connectivity index (χ2v) is 13.3. The molecule has 0 aliphatic carbocycles. The van der Waals surface area contributed by atoms with E-state index in [-0.39, 0.29) is 12.3 Å². The Morgan fingerprint density at radius 3 is 1.54 bits per heavy atom. The average Bonchev–Trinajstić information content (AvgIpc) is 2.92. The third-order valence-electron chi connectivity index (χ3n) is 7.63.